The molecule has 194 valence electrons. The molecular formula is C25H36N6O3SSi. The molecule has 0 N–H and O–H groups in total. The van der Waals surface area contributed by atoms with Gasteiger partial charge in [-0.15, -0.1) is 0 Å². The maximum atomic E-state index is 12.3. The van der Waals surface area contributed by atoms with Crippen LogP contribution in [0.3, 0.4) is 0 Å². The normalized spacial score (nSPS) is 16.9. The van der Waals surface area contributed by atoms with Crippen LogP contribution in [0, 0.1) is 6.57 Å². The Hall–Kier alpha value is -2.52. The third-order valence-electron chi connectivity index (χ3n) is 7.08. The van der Waals surface area contributed by atoms with Crippen LogP contribution in [0.5, 0.6) is 0 Å². The van der Waals surface area contributed by atoms with E-state index in [1.165, 1.54) is 0 Å². The summed E-state index contributed by atoms with van der Waals surface area (Å²) in [5, 5.41) is 0.951. The van der Waals surface area contributed by atoms with Crippen molar-refractivity contribution in [3.05, 3.63) is 48.5 Å². The molecule has 0 aromatic carbocycles. The molecule has 11 heteroatoms. The average molecular weight is 529 g/mol. The van der Waals surface area contributed by atoms with E-state index in [1.807, 2.05) is 35.3 Å². The van der Waals surface area contributed by atoms with E-state index in [2.05, 4.69) is 39.0 Å². The van der Waals surface area contributed by atoms with Crippen LogP contribution in [-0.2, 0) is 27.0 Å². The predicted octanol–water partition coefficient (Wildman–Crippen LogP) is 4.27. The van der Waals surface area contributed by atoms with Gasteiger partial charge in [0.25, 0.3) is 0 Å². The second-order valence-corrected chi connectivity index (χ2v) is 18.6. The van der Waals surface area contributed by atoms with Gasteiger partial charge in [0.05, 0.1) is 11.4 Å². The number of fused-ring (bicyclic) bond motifs is 1. The van der Waals surface area contributed by atoms with Crippen LogP contribution in [0.25, 0.3) is 27.1 Å². The van der Waals surface area contributed by atoms with Gasteiger partial charge >= 0.3 is 0 Å². The lowest BCUT2D eigenvalue weighted by Crippen LogP contribution is -2.49. The van der Waals surface area contributed by atoms with Crippen molar-refractivity contribution >= 4 is 29.1 Å². The molecule has 3 aromatic rings. The van der Waals surface area contributed by atoms with Gasteiger partial charge in [0.2, 0.25) is 16.6 Å². The SMILES string of the molecule is [C-]#[N+]CC1(n2ccc(-c3ncnc4c3ccn4COCC[Si](C)(C)C)c2)CCN(S(=O)(=O)CC)CC1. The minimum Gasteiger partial charge on any atom is -0.361 e. The Labute approximate surface area is 215 Å². The lowest BCUT2D eigenvalue weighted by Gasteiger charge is -2.39. The maximum absolute atomic E-state index is 12.3. The minimum atomic E-state index is -3.23. The van der Waals surface area contributed by atoms with Crippen molar-refractivity contribution in [1.82, 2.24) is 23.4 Å². The highest BCUT2D eigenvalue weighted by Crippen LogP contribution is 2.35. The number of hydrogen-bond donors (Lipinski definition) is 0. The Bertz CT molecular complexity index is 1340. The van der Waals surface area contributed by atoms with E-state index in [1.54, 1.807) is 17.6 Å². The summed E-state index contributed by atoms with van der Waals surface area (Å²) in [7, 11) is -4.36. The summed E-state index contributed by atoms with van der Waals surface area (Å²) in [6, 6.07) is 5.16. The molecule has 36 heavy (non-hydrogen) atoms. The Morgan fingerprint density at radius 3 is 2.58 bits per heavy atom. The fourth-order valence-electron chi connectivity index (χ4n) is 4.72. The molecule has 0 unspecified atom stereocenters. The van der Waals surface area contributed by atoms with Gasteiger partial charge in [0.1, 0.15) is 24.2 Å². The van der Waals surface area contributed by atoms with Crippen molar-refractivity contribution in [2.75, 3.05) is 32.0 Å². The number of aromatic nitrogens is 4. The van der Waals surface area contributed by atoms with E-state index in [4.69, 9.17) is 11.3 Å². The molecule has 3 aromatic heterocycles. The zero-order chi connectivity index (χ0) is 26.0. The monoisotopic (exact) mass is 528 g/mol. The van der Waals surface area contributed by atoms with E-state index in [-0.39, 0.29) is 5.75 Å². The van der Waals surface area contributed by atoms with Crippen LogP contribution >= 0.6 is 0 Å². The van der Waals surface area contributed by atoms with E-state index in [0.717, 1.165) is 34.9 Å². The van der Waals surface area contributed by atoms with E-state index < -0.39 is 23.6 Å². The molecule has 1 aliphatic rings. The zero-order valence-electron chi connectivity index (χ0n) is 21.6. The molecule has 1 aliphatic heterocycles. The Morgan fingerprint density at radius 1 is 1.17 bits per heavy atom. The summed E-state index contributed by atoms with van der Waals surface area (Å²) in [5.74, 6) is 0.100. The van der Waals surface area contributed by atoms with Crippen molar-refractivity contribution in [2.45, 2.75) is 57.7 Å². The molecule has 1 fully saturated rings. The summed E-state index contributed by atoms with van der Waals surface area (Å²) < 4.78 is 36.3. The highest BCUT2D eigenvalue weighted by Gasteiger charge is 2.41. The van der Waals surface area contributed by atoms with Crippen LogP contribution < -0.4 is 0 Å². The summed E-state index contributed by atoms with van der Waals surface area (Å²) in [5.41, 5.74) is 2.19. The first-order valence-corrected chi connectivity index (χ1v) is 17.8. The fourth-order valence-corrected chi connectivity index (χ4v) is 6.58. The van der Waals surface area contributed by atoms with Crippen LogP contribution in [-0.4, -0.2) is 71.9 Å². The molecule has 0 bridgehead atoms. The number of rotatable bonds is 10. The van der Waals surface area contributed by atoms with Crippen LogP contribution in [0.4, 0.5) is 0 Å². The van der Waals surface area contributed by atoms with Crippen molar-refractivity contribution in [3.8, 4) is 11.3 Å². The molecule has 1 saturated heterocycles. The Balaban J connectivity index is 1.55. The van der Waals surface area contributed by atoms with E-state index in [0.29, 0.717) is 39.2 Å². The molecule has 0 atom stereocenters. The maximum Gasteiger partial charge on any atom is 0.237 e. The zero-order valence-corrected chi connectivity index (χ0v) is 23.5. The lowest BCUT2D eigenvalue weighted by molar-refractivity contribution is 0.0899. The second-order valence-electron chi connectivity index (χ2n) is 10.7. The first-order valence-electron chi connectivity index (χ1n) is 12.5. The predicted molar refractivity (Wildman–Crippen MR) is 145 cm³/mol. The van der Waals surface area contributed by atoms with Gasteiger partial charge in [0, 0.05) is 57.3 Å². The molecule has 0 aliphatic carbocycles. The Kier molecular flexibility index (Phi) is 7.71. The molecule has 0 spiro atoms. The van der Waals surface area contributed by atoms with Gasteiger partial charge in [-0.3, -0.25) is 0 Å². The van der Waals surface area contributed by atoms with Crippen molar-refractivity contribution < 1.29 is 13.2 Å². The molecule has 0 radical (unpaired) electrons. The number of piperidine rings is 1. The second kappa shape index (κ2) is 10.5. The summed E-state index contributed by atoms with van der Waals surface area (Å²) in [6.07, 6.45) is 8.81. The summed E-state index contributed by atoms with van der Waals surface area (Å²) in [4.78, 5) is 12.8. The Morgan fingerprint density at radius 2 is 1.92 bits per heavy atom. The van der Waals surface area contributed by atoms with Crippen molar-refractivity contribution in [3.63, 3.8) is 0 Å². The van der Waals surface area contributed by atoms with Gasteiger partial charge < -0.3 is 18.7 Å². The summed E-state index contributed by atoms with van der Waals surface area (Å²) in [6.45, 7) is 18.6. The third kappa shape index (κ3) is 5.57. The summed E-state index contributed by atoms with van der Waals surface area (Å²) >= 11 is 0. The number of ether oxygens (including phenoxy) is 1. The van der Waals surface area contributed by atoms with Gasteiger partial charge in [0.15, 0.2) is 0 Å². The van der Waals surface area contributed by atoms with Gasteiger partial charge in [-0.2, -0.15) is 0 Å². The van der Waals surface area contributed by atoms with Crippen LogP contribution in [0.15, 0.2) is 37.1 Å². The van der Waals surface area contributed by atoms with Crippen molar-refractivity contribution in [2.24, 2.45) is 0 Å². The van der Waals surface area contributed by atoms with Gasteiger partial charge in [-0.1, -0.05) is 19.6 Å². The fraction of sp³-hybridized carbons (Fsp3) is 0.560. The van der Waals surface area contributed by atoms with Gasteiger partial charge in [-0.05, 0) is 37.9 Å². The largest absolute Gasteiger partial charge is 0.361 e. The first kappa shape index (κ1) is 26.5. The molecule has 0 amide bonds. The highest BCUT2D eigenvalue weighted by molar-refractivity contribution is 7.89. The third-order valence-corrected chi connectivity index (χ3v) is 10.7. The standard InChI is InChI=1S/C25H36N6O3SSi/c1-6-35(32,33)31-13-9-25(10-14-31,18-26-2)30-12-7-21(17-30)23-22-8-11-29(24(22)28-19-27-23)20-34-15-16-36(3,4)5/h7-8,11-12,17,19H,6,9-10,13-16,18,20H2,1,3-5H3. The van der Waals surface area contributed by atoms with Gasteiger partial charge in [-0.25, -0.2) is 29.3 Å². The molecule has 9 nitrogen and oxygen atoms in total. The van der Waals surface area contributed by atoms with Crippen LogP contribution in [0.2, 0.25) is 25.7 Å². The van der Waals surface area contributed by atoms with E-state index in [9.17, 15) is 8.42 Å². The highest BCUT2D eigenvalue weighted by atomic mass is 32.2. The molecular weight excluding hydrogens is 492 g/mol. The molecule has 4 heterocycles. The number of hydrogen-bond acceptors (Lipinski definition) is 5. The molecule has 4 rings (SSSR count). The smallest absolute Gasteiger partial charge is 0.237 e. The quantitative estimate of drug-likeness (QED) is 0.223. The number of sulfonamides is 1. The minimum absolute atomic E-state index is 0.100. The lowest BCUT2D eigenvalue weighted by atomic mass is 9.88. The molecule has 0 saturated carbocycles. The van der Waals surface area contributed by atoms with Crippen molar-refractivity contribution in [1.29, 1.82) is 0 Å². The first-order chi connectivity index (χ1) is 17.1. The average Bonchev–Trinajstić information content (AvgIpc) is 3.50. The van der Waals surface area contributed by atoms with Crippen LogP contribution in [0.1, 0.15) is 19.8 Å². The topological polar surface area (TPSA) is 86.6 Å². The van der Waals surface area contributed by atoms with E-state index >= 15 is 0 Å². The number of nitrogens with zero attached hydrogens (tertiary/aromatic N) is 6.